The zero-order valence-corrected chi connectivity index (χ0v) is 12.2. The number of carbonyl (C=O) groups is 1. The number of rotatable bonds is 4. The first-order chi connectivity index (χ1) is 9.13. The Balaban J connectivity index is 2.06. The van der Waals surface area contributed by atoms with Crippen LogP contribution in [0.5, 0.6) is 0 Å². The molecule has 1 heterocycles. The quantitative estimate of drug-likeness (QED) is 0.574. The summed E-state index contributed by atoms with van der Waals surface area (Å²) >= 11 is 3.30. The van der Waals surface area contributed by atoms with Crippen molar-refractivity contribution >= 4 is 27.7 Å². The van der Waals surface area contributed by atoms with Gasteiger partial charge in [-0.2, -0.15) is 0 Å². The fraction of sp³-hybridized carbons (Fsp3) is 0.500. The Bertz CT molecular complexity index is 469. The lowest BCUT2D eigenvalue weighted by molar-refractivity contribution is 0.0915. The molecule has 0 spiro atoms. The molecule has 0 bridgehead atoms. The third-order valence-electron chi connectivity index (χ3n) is 3.29. The summed E-state index contributed by atoms with van der Waals surface area (Å²) in [6.07, 6.45) is 4.56. The molecule has 4 N–H and O–H groups in total. The molecule has 104 valence electrons. The van der Waals surface area contributed by atoms with Gasteiger partial charge in [0.15, 0.2) is 5.82 Å². The first-order valence-corrected chi connectivity index (χ1v) is 6.89. The van der Waals surface area contributed by atoms with E-state index in [1.165, 1.54) is 0 Å². The summed E-state index contributed by atoms with van der Waals surface area (Å²) in [5.74, 6) is 5.55. The molecule has 0 aromatic carbocycles. The Hall–Kier alpha value is -1.18. The topological polar surface area (TPSA) is 89.3 Å². The van der Waals surface area contributed by atoms with Crippen LogP contribution in [0.3, 0.4) is 0 Å². The first-order valence-electron chi connectivity index (χ1n) is 6.10. The molecule has 0 aliphatic heterocycles. The van der Waals surface area contributed by atoms with Gasteiger partial charge in [0.1, 0.15) is 0 Å². The number of pyridine rings is 1. The number of aromatic nitrogens is 1. The maximum absolute atomic E-state index is 12.2. The SMILES string of the molecule is COC1CCC(NC(=O)c2cc(Br)cnc2NN)C1. The molecule has 2 rings (SSSR count). The molecular weight excluding hydrogens is 312 g/mol. The second kappa shape index (κ2) is 6.31. The molecule has 1 aromatic heterocycles. The van der Waals surface area contributed by atoms with Gasteiger partial charge < -0.3 is 15.5 Å². The molecule has 1 amide bonds. The summed E-state index contributed by atoms with van der Waals surface area (Å²) in [5, 5.41) is 2.99. The zero-order valence-electron chi connectivity index (χ0n) is 10.6. The standard InChI is InChI=1S/C12H17BrN4O2/c1-19-9-3-2-8(5-9)16-12(18)10-4-7(13)6-15-11(10)17-14/h4,6,8-9H,2-3,5,14H2,1H3,(H,15,17)(H,16,18). The number of hydrogen-bond acceptors (Lipinski definition) is 5. The van der Waals surface area contributed by atoms with Gasteiger partial charge in [0, 0.05) is 23.8 Å². The van der Waals surface area contributed by atoms with Gasteiger partial charge >= 0.3 is 0 Å². The molecule has 1 saturated carbocycles. The molecule has 2 atom stereocenters. The number of ether oxygens (including phenoxy) is 1. The van der Waals surface area contributed by atoms with Crippen molar-refractivity contribution in [3.05, 3.63) is 22.3 Å². The number of nitrogens with zero attached hydrogens (tertiary/aromatic N) is 1. The fourth-order valence-electron chi connectivity index (χ4n) is 2.28. The highest BCUT2D eigenvalue weighted by atomic mass is 79.9. The molecule has 2 unspecified atom stereocenters. The molecule has 1 aromatic rings. The van der Waals surface area contributed by atoms with E-state index in [-0.39, 0.29) is 18.1 Å². The van der Waals surface area contributed by atoms with Crippen LogP contribution in [-0.4, -0.2) is 30.1 Å². The number of anilines is 1. The van der Waals surface area contributed by atoms with E-state index in [0.29, 0.717) is 11.4 Å². The van der Waals surface area contributed by atoms with Crippen molar-refractivity contribution in [2.24, 2.45) is 5.84 Å². The van der Waals surface area contributed by atoms with E-state index >= 15 is 0 Å². The maximum atomic E-state index is 12.2. The molecular formula is C12H17BrN4O2. The molecule has 1 aliphatic rings. The van der Waals surface area contributed by atoms with Gasteiger partial charge in [-0.25, -0.2) is 10.8 Å². The van der Waals surface area contributed by atoms with Crippen molar-refractivity contribution in [3.63, 3.8) is 0 Å². The van der Waals surface area contributed by atoms with Crippen molar-refractivity contribution in [1.29, 1.82) is 0 Å². The number of hydrogen-bond donors (Lipinski definition) is 3. The summed E-state index contributed by atoms with van der Waals surface area (Å²) in [6.45, 7) is 0. The highest BCUT2D eigenvalue weighted by molar-refractivity contribution is 9.10. The van der Waals surface area contributed by atoms with Gasteiger partial charge in [-0.05, 0) is 41.3 Å². The second-order valence-corrected chi connectivity index (χ2v) is 5.45. The van der Waals surface area contributed by atoms with Gasteiger partial charge in [0.2, 0.25) is 0 Å². The largest absolute Gasteiger partial charge is 0.381 e. The highest BCUT2D eigenvalue weighted by Gasteiger charge is 2.26. The average molecular weight is 329 g/mol. The molecule has 6 nitrogen and oxygen atoms in total. The van der Waals surface area contributed by atoms with Gasteiger partial charge in [-0.3, -0.25) is 4.79 Å². The Kier molecular flexibility index (Phi) is 4.73. The van der Waals surface area contributed by atoms with E-state index in [4.69, 9.17) is 10.6 Å². The predicted octanol–water partition coefficient (Wildman–Crippen LogP) is 1.43. The average Bonchev–Trinajstić information content (AvgIpc) is 2.86. The lowest BCUT2D eigenvalue weighted by atomic mass is 10.2. The van der Waals surface area contributed by atoms with Crippen LogP contribution in [0.4, 0.5) is 5.82 Å². The minimum absolute atomic E-state index is 0.141. The number of nitrogen functional groups attached to an aromatic ring is 1. The van der Waals surface area contributed by atoms with Crippen LogP contribution < -0.4 is 16.6 Å². The van der Waals surface area contributed by atoms with Crippen molar-refractivity contribution in [2.45, 2.75) is 31.4 Å². The summed E-state index contributed by atoms with van der Waals surface area (Å²) in [6, 6.07) is 1.84. The number of carbonyl (C=O) groups excluding carboxylic acids is 1. The van der Waals surface area contributed by atoms with Crippen LogP contribution in [0.1, 0.15) is 29.6 Å². The zero-order chi connectivity index (χ0) is 13.8. The summed E-state index contributed by atoms with van der Waals surface area (Å²) in [7, 11) is 1.70. The van der Waals surface area contributed by atoms with Crippen molar-refractivity contribution in [2.75, 3.05) is 12.5 Å². The number of halogens is 1. The fourth-order valence-corrected chi connectivity index (χ4v) is 2.61. The van der Waals surface area contributed by atoms with E-state index in [2.05, 4.69) is 31.7 Å². The minimum atomic E-state index is -0.177. The Morgan fingerprint density at radius 2 is 2.37 bits per heavy atom. The Morgan fingerprint density at radius 3 is 3.00 bits per heavy atom. The third-order valence-corrected chi connectivity index (χ3v) is 3.72. The number of nitrogens with one attached hydrogen (secondary N) is 2. The first kappa shape index (κ1) is 14.2. The van der Waals surface area contributed by atoms with Crippen molar-refractivity contribution in [1.82, 2.24) is 10.3 Å². The molecule has 1 fully saturated rings. The molecule has 19 heavy (non-hydrogen) atoms. The lowest BCUT2D eigenvalue weighted by Gasteiger charge is -2.14. The van der Waals surface area contributed by atoms with Crippen molar-refractivity contribution < 1.29 is 9.53 Å². The van der Waals surface area contributed by atoms with E-state index in [1.54, 1.807) is 19.4 Å². The van der Waals surface area contributed by atoms with E-state index in [9.17, 15) is 4.79 Å². The van der Waals surface area contributed by atoms with Crippen LogP contribution in [0.2, 0.25) is 0 Å². The predicted molar refractivity (Wildman–Crippen MR) is 75.6 cm³/mol. The van der Waals surface area contributed by atoms with Crippen LogP contribution >= 0.6 is 15.9 Å². The summed E-state index contributed by atoms with van der Waals surface area (Å²) in [4.78, 5) is 16.3. The van der Waals surface area contributed by atoms with Crippen LogP contribution in [0.15, 0.2) is 16.7 Å². The Labute approximate surface area is 120 Å². The molecule has 7 heteroatoms. The summed E-state index contributed by atoms with van der Waals surface area (Å²) < 4.78 is 6.02. The van der Waals surface area contributed by atoms with Gasteiger partial charge in [0.25, 0.3) is 5.91 Å². The van der Waals surface area contributed by atoms with Crippen LogP contribution in [0, 0.1) is 0 Å². The van der Waals surface area contributed by atoms with Gasteiger partial charge in [-0.1, -0.05) is 0 Å². The number of amides is 1. The number of nitrogens with two attached hydrogens (primary N) is 1. The van der Waals surface area contributed by atoms with Crippen molar-refractivity contribution in [3.8, 4) is 0 Å². The smallest absolute Gasteiger partial charge is 0.255 e. The Morgan fingerprint density at radius 1 is 1.58 bits per heavy atom. The molecule has 0 saturated heterocycles. The molecule has 1 aliphatic carbocycles. The van der Waals surface area contributed by atoms with Gasteiger partial charge in [0.05, 0.1) is 11.7 Å². The van der Waals surface area contributed by atoms with Gasteiger partial charge in [-0.15, -0.1) is 0 Å². The molecule has 0 radical (unpaired) electrons. The number of methoxy groups -OCH3 is 1. The highest BCUT2D eigenvalue weighted by Crippen LogP contribution is 2.23. The lowest BCUT2D eigenvalue weighted by Crippen LogP contribution is -2.34. The third kappa shape index (κ3) is 3.43. The normalized spacial score (nSPS) is 22.3. The van der Waals surface area contributed by atoms with E-state index < -0.39 is 0 Å². The van der Waals surface area contributed by atoms with Crippen LogP contribution in [0.25, 0.3) is 0 Å². The van der Waals surface area contributed by atoms with Crippen LogP contribution in [-0.2, 0) is 4.74 Å². The maximum Gasteiger partial charge on any atom is 0.255 e. The minimum Gasteiger partial charge on any atom is -0.381 e. The monoisotopic (exact) mass is 328 g/mol. The summed E-state index contributed by atoms with van der Waals surface area (Å²) in [5.41, 5.74) is 2.86. The van der Waals surface area contributed by atoms with E-state index in [1.807, 2.05) is 0 Å². The second-order valence-electron chi connectivity index (χ2n) is 4.54. The van der Waals surface area contributed by atoms with E-state index in [0.717, 1.165) is 23.7 Å². The number of hydrazine groups is 1.